The number of nitrogens with one attached hydrogen (secondary N) is 2. The summed E-state index contributed by atoms with van der Waals surface area (Å²) in [5, 5.41) is 10.9. The van der Waals surface area contributed by atoms with Crippen LogP contribution in [0, 0.1) is 0 Å². The molecule has 0 radical (unpaired) electrons. The highest BCUT2D eigenvalue weighted by atomic mass is 35.5. The quantitative estimate of drug-likeness (QED) is 0.648. The zero-order valence-corrected chi connectivity index (χ0v) is 19.8. The molecular formula is C24H30ClN5O3. The first-order valence-corrected chi connectivity index (χ1v) is 11.9. The minimum absolute atomic E-state index is 0.141. The van der Waals surface area contributed by atoms with Crippen LogP contribution in [0.15, 0.2) is 30.3 Å². The molecule has 1 aliphatic carbocycles. The standard InChI is InChI=1S/C24H30ClN5O3/c1-3-12-29-22(32)20-13-19(21(31)26-14-16-8-4-7-11-18(16)25)28-30(20)15-24(29,2)23(33)27-17-9-5-6-10-17/h4,7-8,11,13,17H,3,5-6,9-10,12,14-15H2,1-2H3,(H,26,31)(H,27,33)/t24-/m1/s1. The number of fused-ring (bicyclic) bond motifs is 1. The molecule has 3 amide bonds. The van der Waals surface area contributed by atoms with Crippen LogP contribution in [0.25, 0.3) is 0 Å². The maximum absolute atomic E-state index is 13.4. The summed E-state index contributed by atoms with van der Waals surface area (Å²) in [4.78, 5) is 41.0. The van der Waals surface area contributed by atoms with Gasteiger partial charge in [0.1, 0.15) is 11.2 Å². The van der Waals surface area contributed by atoms with Gasteiger partial charge in [0.05, 0.1) is 6.54 Å². The first-order chi connectivity index (χ1) is 15.8. The topological polar surface area (TPSA) is 96.3 Å². The number of hydrogen-bond acceptors (Lipinski definition) is 4. The zero-order valence-electron chi connectivity index (χ0n) is 19.1. The van der Waals surface area contributed by atoms with E-state index in [9.17, 15) is 14.4 Å². The average Bonchev–Trinajstić information content (AvgIpc) is 3.46. The molecule has 1 aromatic carbocycles. The Morgan fingerprint density at radius 1 is 1.24 bits per heavy atom. The van der Waals surface area contributed by atoms with Crippen LogP contribution >= 0.6 is 11.6 Å². The van der Waals surface area contributed by atoms with Crippen LogP contribution in [0.2, 0.25) is 5.02 Å². The van der Waals surface area contributed by atoms with Crippen molar-refractivity contribution in [3.05, 3.63) is 52.3 Å². The molecule has 2 N–H and O–H groups in total. The van der Waals surface area contributed by atoms with Gasteiger partial charge in [0.2, 0.25) is 5.91 Å². The number of rotatable bonds is 7. The second-order valence-corrected chi connectivity index (χ2v) is 9.44. The van der Waals surface area contributed by atoms with Crippen molar-refractivity contribution >= 4 is 29.3 Å². The molecule has 2 heterocycles. The third-order valence-corrected chi connectivity index (χ3v) is 6.92. The molecular weight excluding hydrogens is 442 g/mol. The Morgan fingerprint density at radius 2 is 1.97 bits per heavy atom. The molecule has 1 atom stereocenters. The van der Waals surface area contributed by atoms with E-state index in [1.807, 2.05) is 25.1 Å². The molecule has 0 spiro atoms. The fourth-order valence-corrected chi connectivity index (χ4v) is 4.85. The molecule has 1 aliphatic heterocycles. The van der Waals surface area contributed by atoms with Crippen LogP contribution in [0.4, 0.5) is 0 Å². The van der Waals surface area contributed by atoms with Gasteiger partial charge in [0.25, 0.3) is 11.8 Å². The van der Waals surface area contributed by atoms with Crippen LogP contribution in [-0.2, 0) is 17.9 Å². The van der Waals surface area contributed by atoms with Crippen LogP contribution < -0.4 is 10.6 Å². The fraction of sp³-hybridized carbons (Fsp3) is 0.500. The van der Waals surface area contributed by atoms with Gasteiger partial charge in [0.15, 0.2) is 5.69 Å². The van der Waals surface area contributed by atoms with Crippen molar-refractivity contribution in [2.24, 2.45) is 0 Å². The van der Waals surface area contributed by atoms with Gasteiger partial charge in [-0.2, -0.15) is 5.10 Å². The maximum Gasteiger partial charge on any atom is 0.273 e. The summed E-state index contributed by atoms with van der Waals surface area (Å²) in [7, 11) is 0. The van der Waals surface area contributed by atoms with Crippen molar-refractivity contribution in [3.8, 4) is 0 Å². The lowest BCUT2D eigenvalue weighted by atomic mass is 9.94. The smallest absolute Gasteiger partial charge is 0.273 e. The molecule has 33 heavy (non-hydrogen) atoms. The predicted octanol–water partition coefficient (Wildman–Crippen LogP) is 3.15. The SMILES string of the molecule is CCCN1C(=O)c2cc(C(=O)NCc3ccccc3Cl)nn2C[C@]1(C)C(=O)NC1CCCC1. The molecule has 0 unspecified atom stereocenters. The van der Waals surface area contributed by atoms with Gasteiger partial charge < -0.3 is 15.5 Å². The molecule has 1 saturated carbocycles. The highest BCUT2D eigenvalue weighted by Crippen LogP contribution is 2.29. The van der Waals surface area contributed by atoms with Crippen molar-refractivity contribution < 1.29 is 14.4 Å². The third-order valence-electron chi connectivity index (χ3n) is 6.55. The number of carbonyl (C=O) groups excluding carboxylic acids is 3. The Labute approximate surface area is 198 Å². The van der Waals surface area contributed by atoms with Gasteiger partial charge in [-0.25, -0.2) is 0 Å². The summed E-state index contributed by atoms with van der Waals surface area (Å²) in [6.45, 7) is 4.66. The van der Waals surface area contributed by atoms with Crippen molar-refractivity contribution in [2.45, 2.75) is 70.6 Å². The molecule has 1 fully saturated rings. The lowest BCUT2D eigenvalue weighted by molar-refractivity contribution is -0.133. The van der Waals surface area contributed by atoms with Crippen molar-refractivity contribution in [2.75, 3.05) is 6.54 Å². The lowest BCUT2D eigenvalue weighted by Crippen LogP contribution is -2.65. The van der Waals surface area contributed by atoms with Gasteiger partial charge in [-0.1, -0.05) is 49.6 Å². The molecule has 0 saturated heterocycles. The van der Waals surface area contributed by atoms with Crippen LogP contribution in [0.1, 0.15) is 72.5 Å². The minimum atomic E-state index is -1.07. The monoisotopic (exact) mass is 471 g/mol. The Kier molecular flexibility index (Phi) is 6.74. The van der Waals surface area contributed by atoms with E-state index in [1.54, 1.807) is 17.9 Å². The van der Waals surface area contributed by atoms with E-state index in [2.05, 4.69) is 15.7 Å². The normalized spacial score (nSPS) is 20.6. The van der Waals surface area contributed by atoms with Gasteiger partial charge in [-0.3, -0.25) is 19.1 Å². The Hall–Kier alpha value is -2.87. The summed E-state index contributed by atoms with van der Waals surface area (Å²) in [5.41, 5.74) is 0.178. The Balaban J connectivity index is 1.54. The second-order valence-electron chi connectivity index (χ2n) is 9.03. The number of halogens is 1. The molecule has 2 aromatic rings. The number of aromatic nitrogens is 2. The minimum Gasteiger partial charge on any atom is -0.351 e. The largest absolute Gasteiger partial charge is 0.351 e. The average molecular weight is 472 g/mol. The summed E-state index contributed by atoms with van der Waals surface area (Å²) >= 11 is 6.16. The summed E-state index contributed by atoms with van der Waals surface area (Å²) in [6, 6.07) is 8.92. The third kappa shape index (κ3) is 4.62. The van der Waals surface area contributed by atoms with Crippen LogP contribution in [0.3, 0.4) is 0 Å². The van der Waals surface area contributed by atoms with E-state index in [0.717, 1.165) is 37.7 Å². The Bertz CT molecular complexity index is 1060. The van der Waals surface area contributed by atoms with Gasteiger partial charge in [-0.05, 0) is 37.8 Å². The van der Waals surface area contributed by atoms with E-state index < -0.39 is 11.4 Å². The molecule has 2 aliphatic rings. The molecule has 9 heteroatoms. The highest BCUT2D eigenvalue weighted by molar-refractivity contribution is 6.31. The van der Waals surface area contributed by atoms with Crippen molar-refractivity contribution in [3.63, 3.8) is 0 Å². The molecule has 0 bridgehead atoms. The molecule has 8 nitrogen and oxygen atoms in total. The van der Waals surface area contributed by atoms with E-state index in [1.165, 1.54) is 10.7 Å². The number of benzene rings is 1. The number of hydrogen-bond donors (Lipinski definition) is 2. The summed E-state index contributed by atoms with van der Waals surface area (Å²) in [6.07, 6.45) is 4.86. The van der Waals surface area contributed by atoms with E-state index in [-0.39, 0.29) is 36.6 Å². The van der Waals surface area contributed by atoms with E-state index in [0.29, 0.717) is 17.3 Å². The molecule has 1 aromatic heterocycles. The first-order valence-electron chi connectivity index (χ1n) is 11.6. The van der Waals surface area contributed by atoms with E-state index >= 15 is 0 Å². The predicted molar refractivity (Wildman–Crippen MR) is 125 cm³/mol. The number of nitrogens with zero attached hydrogens (tertiary/aromatic N) is 3. The number of amides is 3. The Morgan fingerprint density at radius 3 is 2.67 bits per heavy atom. The van der Waals surface area contributed by atoms with Gasteiger partial charge in [-0.15, -0.1) is 0 Å². The summed E-state index contributed by atoms with van der Waals surface area (Å²) in [5.74, 6) is -0.851. The maximum atomic E-state index is 13.4. The van der Waals surface area contributed by atoms with Gasteiger partial charge >= 0.3 is 0 Å². The lowest BCUT2D eigenvalue weighted by Gasteiger charge is -2.43. The second kappa shape index (κ2) is 9.55. The molecule has 176 valence electrons. The van der Waals surface area contributed by atoms with Crippen molar-refractivity contribution in [1.82, 2.24) is 25.3 Å². The first kappa shape index (κ1) is 23.3. The van der Waals surface area contributed by atoms with E-state index in [4.69, 9.17) is 11.6 Å². The fourth-order valence-electron chi connectivity index (χ4n) is 4.64. The van der Waals surface area contributed by atoms with Gasteiger partial charge in [0, 0.05) is 30.2 Å². The van der Waals surface area contributed by atoms with Crippen LogP contribution in [-0.4, -0.2) is 50.5 Å². The number of carbonyl (C=O) groups is 3. The summed E-state index contributed by atoms with van der Waals surface area (Å²) < 4.78 is 1.49. The van der Waals surface area contributed by atoms with Crippen molar-refractivity contribution in [1.29, 1.82) is 0 Å². The van der Waals surface area contributed by atoms with Crippen LogP contribution in [0.5, 0.6) is 0 Å². The highest BCUT2D eigenvalue weighted by Gasteiger charge is 2.48. The zero-order chi connectivity index (χ0) is 23.6. The molecule has 4 rings (SSSR count).